The molecule has 4 heterocycles. The first kappa shape index (κ1) is 34.9. The van der Waals surface area contributed by atoms with E-state index < -0.39 is 0 Å². The fourth-order valence-electron chi connectivity index (χ4n) is 5.91. The number of furan rings is 1. The number of aryl methyl sites for hydroxylation is 4. The van der Waals surface area contributed by atoms with E-state index >= 15 is 0 Å². The van der Waals surface area contributed by atoms with E-state index in [-0.39, 0.29) is 20.1 Å². The summed E-state index contributed by atoms with van der Waals surface area (Å²) in [5.41, 5.74) is 14.7. The van der Waals surface area contributed by atoms with Crippen LogP contribution in [-0.2, 0) is 20.1 Å². The van der Waals surface area contributed by atoms with Crippen LogP contribution in [0.25, 0.3) is 55.8 Å². The Bertz CT molecular complexity index is 2170. The van der Waals surface area contributed by atoms with Gasteiger partial charge in [-0.05, 0) is 78.9 Å². The monoisotopic (exact) mass is 808 g/mol. The molecule has 0 aliphatic carbocycles. The third kappa shape index (κ3) is 7.18. The predicted molar refractivity (Wildman–Crippen MR) is 195 cm³/mol. The molecule has 0 aliphatic rings. The summed E-state index contributed by atoms with van der Waals surface area (Å²) in [6, 6.07) is 35.7. The van der Waals surface area contributed by atoms with Gasteiger partial charge in [0.15, 0.2) is 0 Å². The molecule has 0 spiro atoms. The van der Waals surface area contributed by atoms with Crippen molar-refractivity contribution < 1.29 is 24.5 Å². The molecule has 0 atom stereocenters. The van der Waals surface area contributed by atoms with Crippen molar-refractivity contribution in [3.8, 4) is 33.8 Å². The van der Waals surface area contributed by atoms with E-state index in [1.165, 1.54) is 33.4 Å². The minimum atomic E-state index is 0. The molecule has 4 aromatic heterocycles. The Morgan fingerprint density at radius 3 is 2.04 bits per heavy atom. The smallest absolute Gasteiger partial charge is 0.216 e. The number of rotatable bonds is 5. The first-order chi connectivity index (χ1) is 22.6. The first-order valence-electron chi connectivity index (χ1n) is 16.3. The van der Waals surface area contributed by atoms with Crippen LogP contribution in [0.3, 0.4) is 0 Å². The second-order valence-corrected chi connectivity index (χ2v) is 13.0. The zero-order valence-corrected chi connectivity index (χ0v) is 31.3. The quantitative estimate of drug-likeness (QED) is 0.163. The van der Waals surface area contributed by atoms with E-state index in [1.807, 2.05) is 49.5 Å². The Morgan fingerprint density at radius 1 is 0.667 bits per heavy atom. The number of aromatic nitrogens is 3. The molecule has 0 amide bonds. The molecule has 245 valence electrons. The second kappa shape index (κ2) is 14.8. The largest absolute Gasteiger partial charge is 0.486 e. The average Bonchev–Trinajstić information content (AvgIpc) is 3.44. The van der Waals surface area contributed by atoms with Crippen LogP contribution in [0.15, 0.2) is 95.5 Å². The molecule has 0 fully saturated rings. The molecular formula is C43H41IrN3O-2. The van der Waals surface area contributed by atoms with Crippen molar-refractivity contribution in [2.24, 2.45) is 0 Å². The normalized spacial score (nSPS) is 11.1. The third-order valence-electron chi connectivity index (χ3n) is 8.69. The van der Waals surface area contributed by atoms with Gasteiger partial charge in [-0.25, -0.2) is 4.98 Å². The maximum absolute atomic E-state index is 6.36. The number of hydrogen-bond acceptors (Lipinski definition) is 4. The van der Waals surface area contributed by atoms with Gasteiger partial charge in [0.05, 0.1) is 11.3 Å². The van der Waals surface area contributed by atoms with Gasteiger partial charge in [-0.3, -0.25) is 0 Å². The molecule has 5 heteroatoms. The van der Waals surface area contributed by atoms with E-state index in [0.29, 0.717) is 17.5 Å². The van der Waals surface area contributed by atoms with Crippen molar-refractivity contribution in [1.82, 2.24) is 15.0 Å². The zero-order valence-electron chi connectivity index (χ0n) is 28.9. The number of benzene rings is 3. The predicted octanol–water partition coefficient (Wildman–Crippen LogP) is 11.5. The van der Waals surface area contributed by atoms with Crippen molar-refractivity contribution >= 4 is 22.1 Å². The van der Waals surface area contributed by atoms with Gasteiger partial charge in [0.25, 0.3) is 0 Å². The van der Waals surface area contributed by atoms with Gasteiger partial charge in [-0.2, -0.15) is 0 Å². The fraction of sp³-hybridized carbons (Fsp3) is 0.233. The summed E-state index contributed by atoms with van der Waals surface area (Å²) in [5, 5.41) is 2.05. The Kier molecular flexibility index (Phi) is 10.7. The minimum Gasteiger partial charge on any atom is -0.486 e. The van der Waals surface area contributed by atoms with Gasteiger partial charge < -0.3 is 14.4 Å². The summed E-state index contributed by atoms with van der Waals surface area (Å²) >= 11 is 0. The average molecular weight is 808 g/mol. The molecule has 0 N–H and O–H groups in total. The van der Waals surface area contributed by atoms with E-state index in [9.17, 15) is 0 Å². The van der Waals surface area contributed by atoms with Gasteiger partial charge in [-0.15, -0.1) is 53.6 Å². The van der Waals surface area contributed by atoms with Gasteiger partial charge in [0.1, 0.15) is 0 Å². The Balaban J connectivity index is 0.000000237. The molecule has 0 saturated heterocycles. The fourth-order valence-corrected chi connectivity index (χ4v) is 5.91. The van der Waals surface area contributed by atoms with Crippen molar-refractivity contribution in [3.05, 3.63) is 137 Å². The van der Waals surface area contributed by atoms with Gasteiger partial charge in [0.2, 0.25) is 5.71 Å². The van der Waals surface area contributed by atoms with Crippen molar-refractivity contribution in [3.63, 3.8) is 0 Å². The minimum absolute atomic E-state index is 0. The molecule has 3 aromatic carbocycles. The number of hydrogen-bond donors (Lipinski definition) is 0. The van der Waals surface area contributed by atoms with E-state index in [0.717, 1.165) is 50.3 Å². The topological polar surface area (TPSA) is 51.8 Å². The molecule has 1 radical (unpaired) electrons. The molecule has 7 rings (SSSR count). The molecular weight excluding hydrogens is 767 g/mol. The van der Waals surface area contributed by atoms with Crippen LogP contribution in [-0.4, -0.2) is 15.0 Å². The van der Waals surface area contributed by atoms with Crippen LogP contribution in [0.4, 0.5) is 0 Å². The summed E-state index contributed by atoms with van der Waals surface area (Å²) in [7, 11) is 0. The summed E-state index contributed by atoms with van der Waals surface area (Å²) in [6.07, 6.45) is 1.92. The van der Waals surface area contributed by atoms with Crippen LogP contribution in [0.5, 0.6) is 0 Å². The van der Waals surface area contributed by atoms with Crippen LogP contribution in [0.2, 0.25) is 0 Å². The first-order valence-corrected chi connectivity index (χ1v) is 16.3. The summed E-state index contributed by atoms with van der Waals surface area (Å²) in [5.74, 6) is 0.816. The maximum Gasteiger partial charge on any atom is 0.216 e. The van der Waals surface area contributed by atoms with Crippen molar-refractivity contribution in [2.75, 3.05) is 0 Å². The number of nitrogens with zero attached hydrogens (tertiary/aromatic N) is 3. The molecule has 0 aliphatic heterocycles. The maximum atomic E-state index is 6.36. The van der Waals surface area contributed by atoms with E-state index in [4.69, 9.17) is 9.40 Å². The molecule has 4 nitrogen and oxygen atoms in total. The van der Waals surface area contributed by atoms with Gasteiger partial charge in [-0.1, -0.05) is 87.5 Å². The van der Waals surface area contributed by atoms with Crippen molar-refractivity contribution in [1.29, 1.82) is 0 Å². The SMILES string of the molecule is Cc1c[c-]c(-c2cc(C)c(C)cn2)cc1.Cc1cccc(-c2[c-]ccc3c2oc2nc(-c4c(C(C)C)cccc4C(C)C)ccc23)n1.[Ir]. The van der Waals surface area contributed by atoms with E-state index in [2.05, 4.69) is 119 Å². The third-order valence-corrected chi connectivity index (χ3v) is 8.69. The summed E-state index contributed by atoms with van der Waals surface area (Å²) in [4.78, 5) is 14.1. The Morgan fingerprint density at radius 2 is 1.40 bits per heavy atom. The number of pyridine rings is 3. The second-order valence-electron chi connectivity index (χ2n) is 13.0. The molecule has 7 aromatic rings. The summed E-state index contributed by atoms with van der Waals surface area (Å²) < 4.78 is 6.36. The van der Waals surface area contributed by atoms with Crippen LogP contribution >= 0.6 is 0 Å². The Hall–Kier alpha value is -4.44. The van der Waals surface area contributed by atoms with Crippen LogP contribution in [0, 0.1) is 39.8 Å². The van der Waals surface area contributed by atoms with Gasteiger partial charge >= 0.3 is 0 Å². The standard InChI is InChI=1S/C29H27N2O.C14H14N.Ir/c1-17(2)20-10-7-11-21(18(3)4)27(20)26-16-15-23-22-12-8-13-24(28(22)32-29(23)31-26)25-14-6-9-19(5)30-25;1-10-4-6-13(7-5-10)14-8-11(2)12(3)9-15-14;/h6-12,14-18H,1-5H3;4-6,8-9H,1-3H3;/q2*-1;. The van der Waals surface area contributed by atoms with Crippen LogP contribution < -0.4 is 0 Å². The molecule has 0 saturated carbocycles. The van der Waals surface area contributed by atoms with Crippen LogP contribution in [0.1, 0.15) is 73.0 Å². The molecule has 0 unspecified atom stereocenters. The summed E-state index contributed by atoms with van der Waals surface area (Å²) in [6.45, 7) is 17.2. The Labute approximate surface area is 298 Å². The van der Waals surface area contributed by atoms with E-state index in [1.54, 1.807) is 0 Å². The van der Waals surface area contributed by atoms with Gasteiger partial charge in [0, 0.05) is 42.9 Å². The zero-order chi connectivity index (χ0) is 33.2. The molecule has 48 heavy (non-hydrogen) atoms. The number of fused-ring (bicyclic) bond motifs is 3. The molecule has 0 bridgehead atoms. The van der Waals surface area contributed by atoms with Crippen molar-refractivity contribution in [2.45, 2.75) is 67.2 Å².